The highest BCUT2D eigenvalue weighted by atomic mass is 19.4. The van der Waals surface area contributed by atoms with Crippen molar-refractivity contribution in [1.82, 2.24) is 14.9 Å². The molecule has 198 valence electrons. The molecule has 5 N–H and O–H groups in total. The number of nitro groups is 1. The molecule has 1 amide bonds. The number of nitrogens with zero attached hydrogens (tertiary/aromatic N) is 3. The standard InChI is InChI=1S/C23H24F4N6O4/c1-13(12-34)30-22(35)17-11-32(8-2-7-29-20-6-5-19(33(36)37)21(28)31-20)10-16(17)15-4-3-14(9-18(15)24)23(25,26)27/h3-6,9-11,13,34H,2,7-8,12H2,1H3,(H,30,35)(H3,28,29,31)/t13-/m0/s1. The minimum absolute atomic E-state index is 0.0247. The number of aromatic nitrogens is 2. The molecule has 0 aliphatic heterocycles. The predicted octanol–water partition coefficient (Wildman–Crippen LogP) is 3.81. The molecule has 0 aliphatic carbocycles. The van der Waals surface area contributed by atoms with Crippen LogP contribution in [-0.2, 0) is 12.7 Å². The van der Waals surface area contributed by atoms with Gasteiger partial charge in [0.2, 0.25) is 5.82 Å². The van der Waals surface area contributed by atoms with Crippen molar-refractivity contribution in [2.75, 3.05) is 24.2 Å². The highest BCUT2D eigenvalue weighted by molar-refractivity contribution is 6.01. The molecule has 0 unspecified atom stereocenters. The van der Waals surface area contributed by atoms with E-state index in [9.17, 15) is 37.6 Å². The molecule has 14 heteroatoms. The first-order valence-corrected chi connectivity index (χ1v) is 11.0. The number of hydrogen-bond acceptors (Lipinski definition) is 7. The number of nitrogens with two attached hydrogens (primary N) is 1. The Morgan fingerprint density at radius 1 is 1.24 bits per heavy atom. The van der Waals surface area contributed by atoms with Gasteiger partial charge in [-0.1, -0.05) is 6.07 Å². The van der Waals surface area contributed by atoms with Crippen LogP contribution in [0, 0.1) is 15.9 Å². The lowest BCUT2D eigenvalue weighted by molar-refractivity contribution is -0.384. The number of alkyl halides is 3. The number of carbonyl (C=O) groups is 1. The number of nitrogens with one attached hydrogen (secondary N) is 2. The zero-order valence-corrected chi connectivity index (χ0v) is 19.6. The van der Waals surface area contributed by atoms with Crippen LogP contribution in [0.5, 0.6) is 0 Å². The van der Waals surface area contributed by atoms with E-state index in [1.54, 1.807) is 11.5 Å². The molecule has 37 heavy (non-hydrogen) atoms. The van der Waals surface area contributed by atoms with Crippen molar-refractivity contribution in [2.24, 2.45) is 0 Å². The van der Waals surface area contributed by atoms with Crippen LogP contribution in [0.3, 0.4) is 0 Å². The van der Waals surface area contributed by atoms with Gasteiger partial charge >= 0.3 is 11.9 Å². The van der Waals surface area contributed by atoms with Gasteiger partial charge in [0.15, 0.2) is 0 Å². The number of amides is 1. The van der Waals surface area contributed by atoms with E-state index in [0.29, 0.717) is 31.4 Å². The van der Waals surface area contributed by atoms with Crippen molar-refractivity contribution in [3.8, 4) is 11.1 Å². The van der Waals surface area contributed by atoms with Crippen molar-refractivity contribution in [1.29, 1.82) is 0 Å². The maximum Gasteiger partial charge on any atom is 0.416 e. The Morgan fingerprint density at radius 2 is 1.97 bits per heavy atom. The second kappa shape index (κ2) is 11.2. The summed E-state index contributed by atoms with van der Waals surface area (Å²) in [6.07, 6.45) is -1.37. The monoisotopic (exact) mass is 524 g/mol. The summed E-state index contributed by atoms with van der Waals surface area (Å²) in [5.41, 5.74) is 4.03. The molecule has 2 aromatic heterocycles. The first kappa shape index (κ1) is 27.4. The van der Waals surface area contributed by atoms with Crippen LogP contribution in [0.4, 0.5) is 34.9 Å². The van der Waals surface area contributed by atoms with E-state index >= 15 is 0 Å². The molecule has 0 radical (unpaired) electrons. The molecule has 3 aromatic rings. The molecule has 3 rings (SSSR count). The fourth-order valence-electron chi connectivity index (χ4n) is 3.49. The van der Waals surface area contributed by atoms with Gasteiger partial charge < -0.3 is 26.0 Å². The summed E-state index contributed by atoms with van der Waals surface area (Å²) >= 11 is 0. The average Bonchev–Trinajstić information content (AvgIpc) is 3.25. The fraction of sp³-hybridized carbons (Fsp3) is 0.304. The molecule has 10 nitrogen and oxygen atoms in total. The Kier molecular flexibility index (Phi) is 8.32. The number of carbonyl (C=O) groups excluding carboxylic acids is 1. The van der Waals surface area contributed by atoms with Gasteiger partial charge in [0.1, 0.15) is 11.6 Å². The number of aliphatic hydroxyl groups excluding tert-OH is 1. The lowest BCUT2D eigenvalue weighted by Crippen LogP contribution is -2.35. The molecule has 1 atom stereocenters. The van der Waals surface area contributed by atoms with Gasteiger partial charge in [-0.15, -0.1) is 0 Å². The number of hydrogen-bond donors (Lipinski definition) is 4. The number of anilines is 2. The number of aryl methyl sites for hydroxylation is 1. The molecule has 0 saturated carbocycles. The maximum absolute atomic E-state index is 14.7. The number of nitrogen functional groups attached to an aromatic ring is 1. The van der Waals surface area contributed by atoms with Gasteiger partial charge in [0.25, 0.3) is 5.91 Å². The Balaban J connectivity index is 1.79. The molecular weight excluding hydrogens is 500 g/mol. The quantitative estimate of drug-likeness (QED) is 0.136. The average molecular weight is 524 g/mol. The number of pyridine rings is 1. The van der Waals surface area contributed by atoms with E-state index in [4.69, 9.17) is 5.73 Å². The molecule has 0 fully saturated rings. The van der Waals surface area contributed by atoms with Gasteiger partial charge in [-0.25, -0.2) is 9.37 Å². The van der Waals surface area contributed by atoms with Crippen LogP contribution in [0.2, 0.25) is 0 Å². The third-order valence-electron chi connectivity index (χ3n) is 5.36. The van der Waals surface area contributed by atoms with Crippen molar-refractivity contribution in [2.45, 2.75) is 32.1 Å². The minimum Gasteiger partial charge on any atom is -0.394 e. The number of aliphatic hydroxyl groups is 1. The zero-order chi connectivity index (χ0) is 27.3. The van der Waals surface area contributed by atoms with E-state index in [1.165, 1.54) is 24.5 Å². The Bertz CT molecular complexity index is 1290. The summed E-state index contributed by atoms with van der Waals surface area (Å²) in [7, 11) is 0. The van der Waals surface area contributed by atoms with Crippen LogP contribution >= 0.6 is 0 Å². The largest absolute Gasteiger partial charge is 0.416 e. The predicted molar refractivity (Wildman–Crippen MR) is 127 cm³/mol. The van der Waals surface area contributed by atoms with E-state index < -0.39 is 34.4 Å². The third kappa shape index (κ3) is 6.73. The third-order valence-corrected chi connectivity index (χ3v) is 5.36. The molecule has 2 heterocycles. The van der Waals surface area contributed by atoms with Crippen LogP contribution in [0.25, 0.3) is 11.1 Å². The van der Waals surface area contributed by atoms with E-state index in [2.05, 4.69) is 15.6 Å². The lowest BCUT2D eigenvalue weighted by atomic mass is 10.0. The topological polar surface area (TPSA) is 148 Å². The first-order valence-electron chi connectivity index (χ1n) is 11.0. The lowest BCUT2D eigenvalue weighted by Gasteiger charge is -2.12. The van der Waals surface area contributed by atoms with Gasteiger partial charge in [-0.3, -0.25) is 14.9 Å². The SMILES string of the molecule is C[C@@H](CO)NC(=O)c1cn(CCCNc2ccc([N+](=O)[O-])c(N)n2)cc1-c1ccc(C(F)(F)F)cc1F. The molecule has 0 spiro atoms. The zero-order valence-electron chi connectivity index (χ0n) is 19.6. The molecule has 0 aliphatic rings. The summed E-state index contributed by atoms with van der Waals surface area (Å²) in [5.74, 6) is -1.68. The second-order valence-electron chi connectivity index (χ2n) is 8.21. The van der Waals surface area contributed by atoms with E-state index in [-0.39, 0.29) is 34.8 Å². The first-order chi connectivity index (χ1) is 17.4. The molecule has 0 saturated heterocycles. The van der Waals surface area contributed by atoms with E-state index in [1.807, 2.05) is 0 Å². The summed E-state index contributed by atoms with van der Waals surface area (Å²) in [6.45, 7) is 1.89. The molecule has 1 aromatic carbocycles. The van der Waals surface area contributed by atoms with Crippen molar-refractivity contribution in [3.63, 3.8) is 0 Å². The number of halogens is 4. The van der Waals surface area contributed by atoms with E-state index in [0.717, 1.165) is 12.1 Å². The Morgan fingerprint density at radius 3 is 2.57 bits per heavy atom. The summed E-state index contributed by atoms with van der Waals surface area (Å²) < 4.78 is 55.2. The smallest absolute Gasteiger partial charge is 0.394 e. The van der Waals surface area contributed by atoms with Crippen molar-refractivity contribution in [3.05, 3.63) is 69.8 Å². The summed E-state index contributed by atoms with van der Waals surface area (Å²) in [4.78, 5) is 26.9. The van der Waals surface area contributed by atoms with Crippen molar-refractivity contribution >= 4 is 23.2 Å². The molecular formula is C23H24F4N6O4. The number of benzene rings is 1. The van der Waals surface area contributed by atoms with Gasteiger partial charge in [-0.2, -0.15) is 13.2 Å². The summed E-state index contributed by atoms with van der Waals surface area (Å²) in [6, 6.07) is 4.10. The Labute approximate surface area is 208 Å². The normalized spacial score (nSPS) is 12.3. The van der Waals surface area contributed by atoms with Crippen LogP contribution in [0.1, 0.15) is 29.3 Å². The van der Waals surface area contributed by atoms with Gasteiger partial charge in [0.05, 0.1) is 22.7 Å². The van der Waals surface area contributed by atoms with Crippen LogP contribution in [-0.4, -0.2) is 44.7 Å². The van der Waals surface area contributed by atoms with Crippen molar-refractivity contribution < 1.29 is 32.4 Å². The fourth-order valence-corrected chi connectivity index (χ4v) is 3.49. The number of rotatable bonds is 10. The maximum atomic E-state index is 14.7. The Hall–Kier alpha value is -4.20. The highest BCUT2D eigenvalue weighted by Crippen LogP contribution is 2.34. The van der Waals surface area contributed by atoms with Gasteiger partial charge in [-0.05, 0) is 31.5 Å². The van der Waals surface area contributed by atoms with Crippen LogP contribution < -0.4 is 16.4 Å². The minimum atomic E-state index is -4.72. The molecule has 0 bridgehead atoms. The van der Waals surface area contributed by atoms with Gasteiger partial charge in [0, 0.05) is 48.7 Å². The highest BCUT2D eigenvalue weighted by Gasteiger charge is 2.31. The second-order valence-corrected chi connectivity index (χ2v) is 8.21. The summed E-state index contributed by atoms with van der Waals surface area (Å²) in [5, 5.41) is 25.6. The van der Waals surface area contributed by atoms with Crippen LogP contribution in [0.15, 0.2) is 42.7 Å².